The van der Waals surface area contributed by atoms with E-state index in [1.807, 2.05) is 37.3 Å². The molecule has 0 saturated heterocycles. The maximum Gasteiger partial charge on any atom is 0.192 e. The highest BCUT2D eigenvalue weighted by atomic mass is 31.1. The van der Waals surface area contributed by atoms with E-state index in [4.69, 9.17) is 9.63 Å². The van der Waals surface area contributed by atoms with Crippen molar-refractivity contribution in [3.05, 3.63) is 35.9 Å². The van der Waals surface area contributed by atoms with Gasteiger partial charge in [0.2, 0.25) is 0 Å². The van der Waals surface area contributed by atoms with E-state index in [-0.39, 0.29) is 6.61 Å². The summed E-state index contributed by atoms with van der Waals surface area (Å²) in [6, 6.07) is 9.76. The summed E-state index contributed by atoms with van der Waals surface area (Å²) in [5.41, 5.74) is 1.05. The molecule has 1 N–H and O–H groups in total. The van der Waals surface area contributed by atoms with Crippen molar-refractivity contribution in [2.24, 2.45) is 5.92 Å². The van der Waals surface area contributed by atoms with Crippen molar-refractivity contribution in [3.8, 4) is 0 Å². The second kappa shape index (κ2) is 8.46. The van der Waals surface area contributed by atoms with Crippen molar-refractivity contribution in [2.45, 2.75) is 26.4 Å². The molecule has 0 radical (unpaired) electrons. The van der Waals surface area contributed by atoms with Gasteiger partial charge in [-0.2, -0.15) is 0 Å². The van der Waals surface area contributed by atoms with Crippen LogP contribution in [0.25, 0.3) is 0 Å². The van der Waals surface area contributed by atoms with Gasteiger partial charge in [-0.25, -0.2) is 0 Å². The fourth-order valence-electron chi connectivity index (χ4n) is 1.62. The molecule has 2 unspecified atom stereocenters. The predicted octanol–water partition coefficient (Wildman–Crippen LogP) is 3.09. The van der Waals surface area contributed by atoms with E-state index < -0.39 is 8.03 Å². The molecule has 1 aromatic rings. The Morgan fingerprint density at radius 1 is 1.35 bits per heavy atom. The fraction of sp³-hybridized carbons (Fsp3) is 0.538. The summed E-state index contributed by atoms with van der Waals surface area (Å²) in [6.45, 7) is 2.67. The Morgan fingerprint density at radius 3 is 2.71 bits per heavy atom. The zero-order valence-corrected chi connectivity index (χ0v) is 11.3. The van der Waals surface area contributed by atoms with Crippen LogP contribution in [0.15, 0.2) is 30.3 Å². The molecule has 0 aliphatic carbocycles. The van der Waals surface area contributed by atoms with Gasteiger partial charge in [-0.1, -0.05) is 37.3 Å². The van der Waals surface area contributed by atoms with Crippen LogP contribution in [0.4, 0.5) is 0 Å². The summed E-state index contributed by atoms with van der Waals surface area (Å²) in [5.74, 6) is 0.351. The molecule has 1 aromatic carbocycles. The van der Waals surface area contributed by atoms with Gasteiger partial charge in [0.25, 0.3) is 0 Å². The Bertz CT molecular complexity index is 327. The van der Waals surface area contributed by atoms with E-state index in [0.29, 0.717) is 18.7 Å². The van der Waals surface area contributed by atoms with Gasteiger partial charge in [0.1, 0.15) is 0 Å². The lowest BCUT2D eigenvalue weighted by Gasteiger charge is -2.10. The van der Waals surface area contributed by atoms with Gasteiger partial charge in [0, 0.05) is 12.8 Å². The molecule has 0 bridgehead atoms. The Kier molecular flexibility index (Phi) is 7.18. The van der Waals surface area contributed by atoms with E-state index in [0.717, 1.165) is 18.4 Å². The smallest absolute Gasteiger partial charge is 0.192 e. The molecule has 0 aliphatic rings. The average molecular weight is 256 g/mol. The highest BCUT2D eigenvalue weighted by molar-refractivity contribution is 7.39. The molecular formula is C13H21O3P. The monoisotopic (exact) mass is 256 g/mol. The lowest BCUT2D eigenvalue weighted by Crippen LogP contribution is -2.00. The minimum atomic E-state index is -1.95. The molecule has 1 rings (SSSR count). The van der Waals surface area contributed by atoms with Crippen molar-refractivity contribution < 1.29 is 14.2 Å². The quantitative estimate of drug-likeness (QED) is 0.727. The maximum atomic E-state index is 11.7. The van der Waals surface area contributed by atoms with Crippen molar-refractivity contribution in [3.63, 3.8) is 0 Å². The van der Waals surface area contributed by atoms with Crippen molar-refractivity contribution in [2.75, 3.05) is 12.8 Å². The third-order valence-electron chi connectivity index (χ3n) is 2.61. The first-order valence-corrected chi connectivity index (χ1v) is 7.55. The van der Waals surface area contributed by atoms with Gasteiger partial charge in [0.05, 0.1) is 6.61 Å². The third-order valence-corrected chi connectivity index (χ3v) is 4.11. The van der Waals surface area contributed by atoms with E-state index in [9.17, 15) is 4.57 Å². The minimum absolute atomic E-state index is 0.205. The van der Waals surface area contributed by atoms with Gasteiger partial charge < -0.3 is 9.63 Å². The zero-order valence-electron chi connectivity index (χ0n) is 10.3. The standard InChI is InChI=1S/C13H21O3P/c1-12(6-5-9-14)11-17(15)16-10-13-7-3-2-4-8-13/h2-4,7-8,12,14,17H,5-6,9-11H2,1H3. The number of hydrogen-bond acceptors (Lipinski definition) is 3. The summed E-state index contributed by atoms with van der Waals surface area (Å²) in [4.78, 5) is 0. The molecule has 0 saturated carbocycles. The molecule has 0 spiro atoms. The molecule has 0 heterocycles. The molecule has 0 amide bonds. The molecule has 96 valence electrons. The first-order valence-electron chi connectivity index (χ1n) is 6.02. The summed E-state index contributed by atoms with van der Waals surface area (Å²) in [5, 5.41) is 8.70. The molecule has 0 aromatic heterocycles. The Balaban J connectivity index is 2.21. The lowest BCUT2D eigenvalue weighted by molar-refractivity contribution is 0.274. The van der Waals surface area contributed by atoms with E-state index >= 15 is 0 Å². The van der Waals surface area contributed by atoms with Crippen molar-refractivity contribution >= 4 is 8.03 Å². The topological polar surface area (TPSA) is 46.5 Å². The van der Waals surface area contributed by atoms with Crippen LogP contribution >= 0.6 is 8.03 Å². The van der Waals surface area contributed by atoms with Gasteiger partial charge in [0.15, 0.2) is 8.03 Å². The Morgan fingerprint density at radius 2 is 2.06 bits per heavy atom. The van der Waals surface area contributed by atoms with Crippen LogP contribution in [0.5, 0.6) is 0 Å². The largest absolute Gasteiger partial charge is 0.396 e. The molecular weight excluding hydrogens is 235 g/mol. The first-order chi connectivity index (χ1) is 8.22. The average Bonchev–Trinajstić information content (AvgIpc) is 2.35. The number of rotatable bonds is 8. The molecule has 0 aliphatic heterocycles. The van der Waals surface area contributed by atoms with Crippen LogP contribution in [-0.2, 0) is 15.7 Å². The highest BCUT2D eigenvalue weighted by Crippen LogP contribution is 2.28. The van der Waals surface area contributed by atoms with E-state index in [1.165, 1.54) is 0 Å². The van der Waals surface area contributed by atoms with Crippen molar-refractivity contribution in [1.29, 1.82) is 0 Å². The van der Waals surface area contributed by atoms with Crippen LogP contribution in [-0.4, -0.2) is 17.9 Å². The number of aliphatic hydroxyl groups is 1. The van der Waals surface area contributed by atoms with Crippen molar-refractivity contribution in [1.82, 2.24) is 0 Å². The van der Waals surface area contributed by atoms with Crippen LogP contribution in [0.1, 0.15) is 25.3 Å². The Labute approximate surface area is 104 Å². The number of hydrogen-bond donors (Lipinski definition) is 1. The maximum absolute atomic E-state index is 11.7. The zero-order chi connectivity index (χ0) is 12.5. The normalized spacial score (nSPS) is 14.5. The molecule has 3 nitrogen and oxygen atoms in total. The second-order valence-electron chi connectivity index (χ2n) is 4.32. The van der Waals surface area contributed by atoms with Gasteiger partial charge in [-0.05, 0) is 24.3 Å². The van der Waals surface area contributed by atoms with Crippen LogP contribution < -0.4 is 0 Å². The Hall–Kier alpha value is -0.630. The van der Waals surface area contributed by atoms with Crippen LogP contribution in [0.3, 0.4) is 0 Å². The van der Waals surface area contributed by atoms with E-state index in [2.05, 4.69) is 0 Å². The second-order valence-corrected chi connectivity index (χ2v) is 5.76. The van der Waals surface area contributed by atoms with Crippen LogP contribution in [0, 0.1) is 5.92 Å². The van der Waals surface area contributed by atoms with Gasteiger partial charge in [-0.3, -0.25) is 4.57 Å². The molecule has 4 heteroatoms. The predicted molar refractivity (Wildman–Crippen MR) is 70.6 cm³/mol. The summed E-state index contributed by atoms with van der Waals surface area (Å²) < 4.78 is 17.1. The molecule has 17 heavy (non-hydrogen) atoms. The summed E-state index contributed by atoms with van der Waals surface area (Å²) in [7, 11) is -1.95. The summed E-state index contributed by atoms with van der Waals surface area (Å²) in [6.07, 6.45) is 2.29. The SMILES string of the molecule is CC(CCCO)C[PH](=O)OCc1ccccc1. The first kappa shape index (κ1) is 14.4. The number of aliphatic hydroxyl groups excluding tert-OH is 1. The summed E-state index contributed by atoms with van der Waals surface area (Å²) >= 11 is 0. The van der Waals surface area contributed by atoms with E-state index in [1.54, 1.807) is 0 Å². The number of benzene rings is 1. The third kappa shape index (κ3) is 6.62. The molecule has 0 fully saturated rings. The highest BCUT2D eigenvalue weighted by Gasteiger charge is 2.07. The lowest BCUT2D eigenvalue weighted by atomic mass is 10.1. The fourth-order valence-corrected chi connectivity index (χ4v) is 2.84. The molecule has 2 atom stereocenters. The van der Waals surface area contributed by atoms with Crippen LogP contribution in [0.2, 0.25) is 0 Å². The minimum Gasteiger partial charge on any atom is -0.396 e. The van der Waals surface area contributed by atoms with Gasteiger partial charge in [-0.15, -0.1) is 0 Å². The van der Waals surface area contributed by atoms with Gasteiger partial charge >= 0.3 is 0 Å².